The molecule has 0 aromatic carbocycles. The highest BCUT2D eigenvalue weighted by atomic mass is 16.1. The van der Waals surface area contributed by atoms with E-state index in [1.165, 1.54) is 44.1 Å². The quantitative estimate of drug-likeness (QED) is 0.390. The first kappa shape index (κ1) is 24.8. The van der Waals surface area contributed by atoms with Crippen LogP contribution in [0.4, 0.5) is 0 Å². The van der Waals surface area contributed by atoms with Crippen molar-refractivity contribution < 1.29 is 9.59 Å². The largest absolute Gasteiger partial charge is 0.299 e. The summed E-state index contributed by atoms with van der Waals surface area (Å²) in [5, 5.41) is 0. The zero-order valence-electron chi connectivity index (χ0n) is 23.6. The molecule has 4 saturated carbocycles. The molecule has 2 nitrogen and oxygen atoms in total. The lowest BCUT2D eigenvalue weighted by Crippen LogP contribution is -2.66. The molecule has 0 aromatic rings. The van der Waals surface area contributed by atoms with E-state index in [-0.39, 0.29) is 38.4 Å². The van der Waals surface area contributed by atoms with E-state index in [1.54, 1.807) is 6.92 Å². The third-order valence-electron chi connectivity index (χ3n) is 14.0. The zero-order chi connectivity index (χ0) is 25.1. The van der Waals surface area contributed by atoms with E-state index in [0.29, 0.717) is 23.4 Å². The molecule has 5 rings (SSSR count). The summed E-state index contributed by atoms with van der Waals surface area (Å²) in [6, 6.07) is 0. The molecule has 0 bridgehead atoms. The Morgan fingerprint density at radius 2 is 1.53 bits per heavy atom. The van der Waals surface area contributed by atoms with Crippen molar-refractivity contribution in [2.45, 2.75) is 120 Å². The maximum absolute atomic E-state index is 14.3. The highest BCUT2D eigenvalue weighted by Gasteiger charge is 2.69. The van der Waals surface area contributed by atoms with Gasteiger partial charge in [-0.25, -0.2) is 0 Å². The summed E-state index contributed by atoms with van der Waals surface area (Å²) >= 11 is 0. The van der Waals surface area contributed by atoms with Crippen LogP contribution in [0.5, 0.6) is 0 Å². The van der Waals surface area contributed by atoms with Crippen LogP contribution in [0.1, 0.15) is 120 Å². The van der Waals surface area contributed by atoms with Crippen LogP contribution in [0.15, 0.2) is 11.6 Å². The molecule has 0 radical (unpaired) electrons. The molecule has 5 aliphatic rings. The van der Waals surface area contributed by atoms with Crippen LogP contribution in [0.25, 0.3) is 0 Å². The Morgan fingerprint density at radius 1 is 0.882 bits per heavy atom. The average Bonchev–Trinajstić information content (AvgIpc) is 2.73. The Hall–Kier alpha value is -0.920. The van der Waals surface area contributed by atoms with Gasteiger partial charge in [0.05, 0.1) is 0 Å². The lowest BCUT2D eigenvalue weighted by atomic mass is 9.33. The molecule has 0 aliphatic heterocycles. The van der Waals surface area contributed by atoms with Crippen LogP contribution in [0.3, 0.4) is 0 Å². The topological polar surface area (TPSA) is 34.1 Å². The predicted molar refractivity (Wildman–Crippen MR) is 139 cm³/mol. The first-order valence-corrected chi connectivity index (χ1v) is 14.3. The molecule has 4 fully saturated rings. The SMILES string of the molecule is CC(=O)[C@@]1(C)CC[C@]2(C)CC[C@]3(C)C(=CC(=O)[C@@H]4[C@@]5(C)CC[C@H](C)C(C)(C)[C@@H]5CC[C@]43C)C2C1. The average molecular weight is 467 g/mol. The van der Waals surface area contributed by atoms with Gasteiger partial charge in [0.15, 0.2) is 5.78 Å². The van der Waals surface area contributed by atoms with Gasteiger partial charge in [-0.15, -0.1) is 0 Å². The number of carbonyl (C=O) groups is 2. The van der Waals surface area contributed by atoms with E-state index in [9.17, 15) is 9.59 Å². The van der Waals surface area contributed by atoms with Crippen molar-refractivity contribution in [2.24, 2.45) is 56.2 Å². The summed E-state index contributed by atoms with van der Waals surface area (Å²) in [4.78, 5) is 27.0. The Morgan fingerprint density at radius 3 is 2.18 bits per heavy atom. The van der Waals surface area contributed by atoms with Gasteiger partial charge >= 0.3 is 0 Å². The lowest BCUT2D eigenvalue weighted by molar-refractivity contribution is -0.192. The van der Waals surface area contributed by atoms with Crippen molar-refractivity contribution in [3.8, 4) is 0 Å². The van der Waals surface area contributed by atoms with Gasteiger partial charge in [-0.2, -0.15) is 0 Å². The van der Waals surface area contributed by atoms with Crippen molar-refractivity contribution in [3.05, 3.63) is 11.6 Å². The molecule has 0 N–H and O–H groups in total. The van der Waals surface area contributed by atoms with Gasteiger partial charge in [0.1, 0.15) is 5.78 Å². The molecular formula is C32H50O2. The first-order valence-electron chi connectivity index (χ1n) is 14.3. The van der Waals surface area contributed by atoms with Gasteiger partial charge < -0.3 is 0 Å². The van der Waals surface area contributed by atoms with Gasteiger partial charge in [-0.1, -0.05) is 61.0 Å². The van der Waals surface area contributed by atoms with Gasteiger partial charge in [0.2, 0.25) is 0 Å². The van der Waals surface area contributed by atoms with Crippen LogP contribution >= 0.6 is 0 Å². The molecule has 34 heavy (non-hydrogen) atoms. The molecule has 0 saturated heterocycles. The van der Waals surface area contributed by atoms with E-state index in [0.717, 1.165) is 25.2 Å². The highest BCUT2D eigenvalue weighted by molar-refractivity contribution is 5.95. The lowest BCUT2D eigenvalue weighted by Gasteiger charge is -2.70. The Balaban J connectivity index is 1.62. The molecule has 1 unspecified atom stereocenters. The smallest absolute Gasteiger partial charge is 0.159 e. The van der Waals surface area contributed by atoms with E-state index in [2.05, 4.69) is 61.5 Å². The normalized spacial score (nSPS) is 54.1. The molecule has 0 aromatic heterocycles. The summed E-state index contributed by atoms with van der Waals surface area (Å²) in [6.45, 7) is 21.4. The third kappa shape index (κ3) is 2.86. The summed E-state index contributed by atoms with van der Waals surface area (Å²) in [5.74, 6) is 2.59. The molecule has 0 heterocycles. The van der Waals surface area contributed by atoms with Gasteiger partial charge in [0, 0.05) is 11.3 Å². The van der Waals surface area contributed by atoms with Crippen molar-refractivity contribution in [3.63, 3.8) is 0 Å². The first-order chi connectivity index (χ1) is 15.6. The highest BCUT2D eigenvalue weighted by Crippen LogP contribution is 2.75. The Labute approximate surface area is 209 Å². The number of Topliss-reactive ketones (excluding diaryl/α,β-unsaturated/α-hetero) is 1. The second kappa shape index (κ2) is 7.10. The number of hydrogen-bond acceptors (Lipinski definition) is 2. The summed E-state index contributed by atoms with van der Waals surface area (Å²) in [7, 11) is 0. The Kier molecular flexibility index (Phi) is 5.17. The number of fused-ring (bicyclic) bond motifs is 7. The van der Waals surface area contributed by atoms with Crippen molar-refractivity contribution in [2.75, 3.05) is 0 Å². The summed E-state index contributed by atoms with van der Waals surface area (Å²) in [5.41, 5.74) is 1.88. The van der Waals surface area contributed by atoms with E-state index < -0.39 is 0 Å². The van der Waals surface area contributed by atoms with Crippen LogP contribution < -0.4 is 0 Å². The minimum Gasteiger partial charge on any atom is -0.299 e. The van der Waals surface area contributed by atoms with Crippen LogP contribution in [0.2, 0.25) is 0 Å². The Bertz CT molecular complexity index is 958. The maximum Gasteiger partial charge on any atom is 0.159 e. The standard InChI is InChI=1S/C32H50O2/c1-20-10-12-30(7)25(27(20,3)4)11-13-32(9)26(30)24(34)18-22-23-19-29(6,21(2)33)15-14-28(23,5)16-17-31(22,32)8/h18,20,23,25-26H,10-17,19H2,1-9H3/t20-,23?,25-,26+,28+,29-,30-,31+,32+/m0/s1. The van der Waals surface area contributed by atoms with E-state index in [4.69, 9.17) is 0 Å². The van der Waals surface area contributed by atoms with Crippen LogP contribution in [0, 0.1) is 56.2 Å². The molecule has 190 valence electrons. The molecule has 0 amide bonds. The number of carbonyl (C=O) groups excluding carboxylic acids is 2. The number of hydrogen-bond donors (Lipinski definition) is 0. The predicted octanol–water partition coefficient (Wildman–Crippen LogP) is 8.19. The molecule has 0 spiro atoms. The van der Waals surface area contributed by atoms with E-state index >= 15 is 0 Å². The third-order valence-corrected chi connectivity index (χ3v) is 14.0. The summed E-state index contributed by atoms with van der Waals surface area (Å²) < 4.78 is 0. The van der Waals surface area contributed by atoms with Gasteiger partial charge in [-0.05, 0) is 116 Å². The van der Waals surface area contributed by atoms with Crippen LogP contribution in [-0.2, 0) is 9.59 Å². The molecule has 5 aliphatic carbocycles. The minimum atomic E-state index is -0.239. The zero-order valence-corrected chi connectivity index (χ0v) is 23.6. The fourth-order valence-corrected chi connectivity index (χ4v) is 10.7. The fraction of sp³-hybridized carbons (Fsp3) is 0.875. The van der Waals surface area contributed by atoms with Crippen molar-refractivity contribution in [1.29, 1.82) is 0 Å². The number of rotatable bonds is 1. The van der Waals surface area contributed by atoms with E-state index in [1.807, 2.05) is 0 Å². The maximum atomic E-state index is 14.3. The van der Waals surface area contributed by atoms with Crippen molar-refractivity contribution in [1.82, 2.24) is 0 Å². The second-order valence-electron chi connectivity index (χ2n) is 15.6. The van der Waals surface area contributed by atoms with Gasteiger partial charge in [0.25, 0.3) is 0 Å². The second-order valence-corrected chi connectivity index (χ2v) is 15.6. The minimum absolute atomic E-state index is 0.0154. The summed E-state index contributed by atoms with van der Waals surface area (Å²) in [6.07, 6.45) is 12.5. The fourth-order valence-electron chi connectivity index (χ4n) is 10.7. The molecular weight excluding hydrogens is 416 g/mol. The van der Waals surface area contributed by atoms with Gasteiger partial charge in [-0.3, -0.25) is 9.59 Å². The monoisotopic (exact) mass is 466 g/mol. The van der Waals surface area contributed by atoms with Crippen LogP contribution in [-0.4, -0.2) is 11.6 Å². The number of ketones is 2. The number of allylic oxidation sites excluding steroid dienone is 2. The van der Waals surface area contributed by atoms with Crippen molar-refractivity contribution >= 4 is 11.6 Å². The molecule has 2 heteroatoms. The molecule has 9 atom stereocenters.